The van der Waals surface area contributed by atoms with Gasteiger partial charge in [-0.1, -0.05) is 109 Å². The number of para-hydroxylation sites is 2. The van der Waals surface area contributed by atoms with E-state index in [4.69, 9.17) is 21.1 Å². The molecule has 0 aliphatic carbocycles. The topological polar surface area (TPSA) is 166 Å². The van der Waals surface area contributed by atoms with Gasteiger partial charge < -0.3 is 20.1 Å². The smallest absolute Gasteiger partial charge is 0.355 e. The van der Waals surface area contributed by atoms with E-state index in [2.05, 4.69) is 20.6 Å². The third-order valence-corrected chi connectivity index (χ3v) is 10.4. The Morgan fingerprint density at radius 3 is 1.47 bits per heavy atom. The molecule has 0 saturated carbocycles. The summed E-state index contributed by atoms with van der Waals surface area (Å²) < 4.78 is 13.5. The molecule has 0 bridgehead atoms. The number of hydrogen-bond acceptors (Lipinski definition) is 10. The third kappa shape index (κ3) is 7.82. The average Bonchev–Trinajstić information content (AvgIpc) is 3.24. The van der Waals surface area contributed by atoms with Gasteiger partial charge in [-0.05, 0) is 63.1 Å². The number of aromatic nitrogens is 4. The van der Waals surface area contributed by atoms with E-state index in [0.717, 1.165) is 11.1 Å². The number of esters is 2. The zero-order valence-electron chi connectivity index (χ0n) is 33.2. The molecule has 2 aliphatic rings. The van der Waals surface area contributed by atoms with Crippen molar-refractivity contribution in [1.82, 2.24) is 19.1 Å². The molecule has 2 aliphatic heterocycles. The number of H-pyrrole nitrogens is 1. The standard InChI is InChI=1S/C23H20ClN3O3.C23H21N3O4/c1-3-30-22(28)17-14(2)25-21-19(18(17)15-10-6-4-7-11-15)20(24)26-23(29)27(21)16-12-8-5-9-13-16;1-3-30-22(28)17-14(2)24-20-19(18(17)15-10-6-4-7-11-15)21(27)25-23(29)26(20)16-12-8-5-9-13-16/h4-13,18,25H,3H2,1-2H3;4-13,18,24H,3H2,1-2H3,(H,25,27,29). The summed E-state index contributed by atoms with van der Waals surface area (Å²) in [4.78, 5) is 70.7. The number of allylic oxidation sites excluding steroid dienone is 2. The minimum absolute atomic E-state index is 0.0535. The van der Waals surface area contributed by atoms with Crippen LogP contribution in [-0.2, 0) is 19.1 Å². The Labute approximate surface area is 349 Å². The molecule has 3 N–H and O–H groups in total. The number of fused-ring (bicyclic) bond motifs is 2. The first-order chi connectivity index (χ1) is 29.0. The second-order valence-corrected chi connectivity index (χ2v) is 14.1. The highest BCUT2D eigenvalue weighted by molar-refractivity contribution is 6.30. The number of anilines is 2. The Balaban J connectivity index is 0.000000181. The van der Waals surface area contributed by atoms with Crippen LogP contribution in [0.3, 0.4) is 0 Å². The second kappa shape index (κ2) is 17.7. The molecule has 2 aromatic heterocycles. The van der Waals surface area contributed by atoms with Crippen molar-refractivity contribution in [2.45, 2.75) is 39.5 Å². The molecule has 0 radical (unpaired) electrons. The predicted molar refractivity (Wildman–Crippen MR) is 230 cm³/mol. The fourth-order valence-corrected chi connectivity index (χ4v) is 7.87. The molecule has 60 heavy (non-hydrogen) atoms. The number of rotatable bonds is 8. The number of carbonyl (C=O) groups excluding carboxylic acids is 2. The van der Waals surface area contributed by atoms with Crippen LogP contribution in [0.4, 0.5) is 11.6 Å². The molecule has 304 valence electrons. The lowest BCUT2D eigenvalue weighted by molar-refractivity contribution is -0.139. The Kier molecular flexibility index (Phi) is 12.1. The molecule has 4 aromatic carbocycles. The van der Waals surface area contributed by atoms with E-state index < -0.39 is 40.7 Å². The summed E-state index contributed by atoms with van der Waals surface area (Å²) in [5, 5.41) is 6.39. The van der Waals surface area contributed by atoms with Crippen molar-refractivity contribution in [2.75, 3.05) is 23.8 Å². The molecule has 0 saturated heterocycles. The molecule has 4 heterocycles. The van der Waals surface area contributed by atoms with Crippen molar-refractivity contribution in [3.63, 3.8) is 0 Å². The zero-order chi connectivity index (χ0) is 42.5. The maximum absolute atomic E-state index is 13.0. The van der Waals surface area contributed by atoms with Gasteiger partial charge in [0.1, 0.15) is 16.8 Å². The molecule has 2 atom stereocenters. The maximum atomic E-state index is 13.0. The molecule has 8 rings (SSSR count). The number of nitrogens with one attached hydrogen (secondary N) is 3. The Bertz CT molecular complexity index is 2820. The van der Waals surface area contributed by atoms with Gasteiger partial charge in [0.2, 0.25) is 0 Å². The van der Waals surface area contributed by atoms with E-state index in [1.807, 2.05) is 109 Å². The van der Waals surface area contributed by atoms with Crippen LogP contribution in [0.15, 0.2) is 158 Å². The minimum atomic E-state index is -0.680. The van der Waals surface area contributed by atoms with E-state index in [-0.39, 0.29) is 18.4 Å². The van der Waals surface area contributed by atoms with Crippen LogP contribution in [-0.4, -0.2) is 44.3 Å². The van der Waals surface area contributed by atoms with Gasteiger partial charge in [-0.3, -0.25) is 9.78 Å². The quantitative estimate of drug-likeness (QED) is 0.106. The molecular weight excluding hydrogens is 784 g/mol. The number of halogens is 1. The average molecular weight is 825 g/mol. The van der Waals surface area contributed by atoms with E-state index >= 15 is 0 Å². The summed E-state index contributed by atoms with van der Waals surface area (Å²) in [7, 11) is 0. The Morgan fingerprint density at radius 1 is 0.617 bits per heavy atom. The van der Waals surface area contributed by atoms with E-state index in [9.17, 15) is 24.0 Å². The lowest BCUT2D eigenvalue weighted by Crippen LogP contribution is -2.38. The number of carbonyl (C=O) groups is 2. The van der Waals surface area contributed by atoms with Gasteiger partial charge in [0.05, 0.1) is 47.2 Å². The summed E-state index contributed by atoms with van der Waals surface area (Å²) in [5.74, 6) is -1.31. The maximum Gasteiger partial charge on any atom is 0.355 e. The van der Waals surface area contributed by atoms with Crippen molar-refractivity contribution in [1.29, 1.82) is 0 Å². The molecule has 13 nitrogen and oxygen atoms in total. The first-order valence-corrected chi connectivity index (χ1v) is 19.7. The lowest BCUT2D eigenvalue weighted by atomic mass is 9.82. The summed E-state index contributed by atoms with van der Waals surface area (Å²) in [6.45, 7) is 7.49. The zero-order valence-corrected chi connectivity index (χ0v) is 33.9. The minimum Gasteiger partial charge on any atom is -0.463 e. The molecule has 0 fully saturated rings. The summed E-state index contributed by atoms with van der Waals surface area (Å²) in [6.07, 6.45) is 0. The molecule has 14 heteroatoms. The van der Waals surface area contributed by atoms with Crippen molar-refractivity contribution < 1.29 is 19.1 Å². The predicted octanol–water partition coefficient (Wildman–Crippen LogP) is 7.20. The normalized spacial score (nSPS) is 15.3. The Morgan fingerprint density at radius 2 is 1.02 bits per heavy atom. The van der Waals surface area contributed by atoms with Gasteiger partial charge in [-0.25, -0.2) is 28.3 Å². The molecule has 6 aromatic rings. The highest BCUT2D eigenvalue weighted by Gasteiger charge is 2.39. The lowest BCUT2D eigenvalue weighted by Gasteiger charge is -2.31. The Hall–Kier alpha value is -7.25. The fraction of sp³-hybridized carbons (Fsp3) is 0.174. The van der Waals surface area contributed by atoms with Crippen LogP contribution in [0.1, 0.15) is 61.8 Å². The van der Waals surface area contributed by atoms with Gasteiger partial charge in [0.25, 0.3) is 5.56 Å². The number of benzene rings is 4. The second-order valence-electron chi connectivity index (χ2n) is 13.8. The molecule has 0 spiro atoms. The number of aromatic amines is 1. The first kappa shape index (κ1) is 40.9. The fourth-order valence-electron chi connectivity index (χ4n) is 7.60. The van der Waals surface area contributed by atoms with Gasteiger partial charge in [-0.15, -0.1) is 0 Å². The van der Waals surface area contributed by atoms with Gasteiger partial charge in [-0.2, -0.15) is 4.98 Å². The SMILES string of the molecule is CCOC(=O)C1=C(C)Nc2c(c(=O)[nH]c(=O)n2-c2ccccc2)C1c1ccccc1.CCOC(=O)C1=C(C)Nc2c(c(Cl)nc(=O)n2-c2ccccc2)C1c1ccccc1. The van der Waals surface area contributed by atoms with Crippen molar-refractivity contribution in [3.8, 4) is 11.4 Å². The van der Waals surface area contributed by atoms with Crippen molar-refractivity contribution in [2.24, 2.45) is 0 Å². The van der Waals surface area contributed by atoms with Crippen LogP contribution >= 0.6 is 11.6 Å². The molecule has 2 unspecified atom stereocenters. The highest BCUT2D eigenvalue weighted by atomic mass is 35.5. The van der Waals surface area contributed by atoms with Crippen molar-refractivity contribution >= 4 is 35.2 Å². The highest BCUT2D eigenvalue weighted by Crippen LogP contribution is 2.45. The third-order valence-electron chi connectivity index (χ3n) is 10.1. The van der Waals surface area contributed by atoms with E-state index in [1.54, 1.807) is 39.8 Å². The molecule has 0 amide bonds. The molecular formula is C46H41ClN6O7. The van der Waals surface area contributed by atoms with Gasteiger partial charge >= 0.3 is 23.3 Å². The van der Waals surface area contributed by atoms with Crippen LogP contribution in [0.5, 0.6) is 0 Å². The van der Waals surface area contributed by atoms with Gasteiger partial charge in [0, 0.05) is 22.9 Å². The largest absolute Gasteiger partial charge is 0.463 e. The number of nitrogens with zero attached hydrogens (tertiary/aromatic N) is 3. The summed E-state index contributed by atoms with van der Waals surface area (Å²) in [6, 6.07) is 37.0. The monoisotopic (exact) mass is 824 g/mol. The van der Waals surface area contributed by atoms with E-state index in [0.29, 0.717) is 56.7 Å². The number of ether oxygens (including phenoxy) is 2. The van der Waals surface area contributed by atoms with Crippen molar-refractivity contribution in [3.05, 3.63) is 203 Å². The number of hydrogen-bond donors (Lipinski definition) is 3. The summed E-state index contributed by atoms with van der Waals surface area (Å²) >= 11 is 6.51. The van der Waals surface area contributed by atoms with Crippen LogP contribution < -0.4 is 27.6 Å². The van der Waals surface area contributed by atoms with E-state index in [1.165, 1.54) is 9.13 Å². The van der Waals surface area contributed by atoms with Crippen LogP contribution in [0.2, 0.25) is 5.15 Å². The van der Waals surface area contributed by atoms with Gasteiger partial charge in [0.15, 0.2) is 0 Å². The first-order valence-electron chi connectivity index (χ1n) is 19.3. The van der Waals surface area contributed by atoms with Crippen LogP contribution in [0, 0.1) is 0 Å². The van der Waals surface area contributed by atoms with Crippen LogP contribution in [0.25, 0.3) is 11.4 Å². The summed E-state index contributed by atoms with van der Waals surface area (Å²) in [5.41, 5.74) is 4.01.